The van der Waals surface area contributed by atoms with Crippen LogP contribution in [0.25, 0.3) is 10.1 Å². The Morgan fingerprint density at radius 2 is 1.59 bits per heavy atom. The summed E-state index contributed by atoms with van der Waals surface area (Å²) in [5.74, 6) is -0.0985. The molecule has 0 unspecified atom stereocenters. The van der Waals surface area contributed by atoms with E-state index in [4.69, 9.17) is 0 Å². The fourth-order valence-electron chi connectivity index (χ4n) is 3.55. The maximum absolute atomic E-state index is 13.2. The van der Waals surface area contributed by atoms with Crippen LogP contribution in [0, 0.1) is 6.92 Å². The summed E-state index contributed by atoms with van der Waals surface area (Å²) >= 11 is 1.40. The number of benzene rings is 3. The lowest BCUT2D eigenvalue weighted by molar-refractivity contribution is 0.0997. The number of aryl methyl sites for hydroxylation is 1. The van der Waals surface area contributed by atoms with Gasteiger partial charge in [-0.25, -0.2) is 8.42 Å². The molecular weight excluding hydrogens is 440 g/mol. The van der Waals surface area contributed by atoms with Crippen LogP contribution in [-0.4, -0.2) is 27.9 Å². The summed E-state index contributed by atoms with van der Waals surface area (Å²) in [5.41, 5.74) is 2.40. The molecule has 0 aliphatic carbocycles. The fourth-order valence-corrected chi connectivity index (χ4v) is 6.04. The highest BCUT2D eigenvalue weighted by molar-refractivity contribution is 7.92. The van der Waals surface area contributed by atoms with Gasteiger partial charge >= 0.3 is 0 Å². The van der Waals surface area contributed by atoms with Crippen LogP contribution in [0.4, 0.5) is 11.4 Å². The third kappa shape index (κ3) is 4.13. The van der Waals surface area contributed by atoms with Gasteiger partial charge in [0.15, 0.2) is 0 Å². The molecule has 1 amide bonds. The lowest BCUT2D eigenvalue weighted by Gasteiger charge is -2.23. The monoisotopic (exact) mass is 464 g/mol. The van der Waals surface area contributed by atoms with Crippen LogP contribution in [0.5, 0.6) is 0 Å². The number of para-hydroxylation sites is 1. The number of sulfonamides is 1. The SMILES string of the molecule is CCN(c1ccc2sc(C(=O)N(C)c3ccccc3)cc2c1)S(=O)(=O)c1ccc(C)cc1. The van der Waals surface area contributed by atoms with Gasteiger partial charge in [0, 0.05) is 24.0 Å². The molecule has 0 aliphatic rings. The van der Waals surface area contributed by atoms with Crippen LogP contribution in [0.2, 0.25) is 0 Å². The standard InChI is InChI=1S/C25H24N2O3S2/c1-4-27(32(29,30)22-13-10-18(2)11-14-22)21-12-15-23-19(16-21)17-24(31-23)25(28)26(3)20-8-6-5-7-9-20/h5-17H,4H2,1-3H3. The van der Waals surface area contributed by atoms with E-state index in [2.05, 4.69) is 0 Å². The number of fused-ring (bicyclic) bond motifs is 1. The second-order valence-electron chi connectivity index (χ2n) is 7.52. The van der Waals surface area contributed by atoms with Crippen molar-refractivity contribution in [3.63, 3.8) is 0 Å². The molecular formula is C25H24N2O3S2. The van der Waals surface area contributed by atoms with Crippen LogP contribution >= 0.6 is 11.3 Å². The number of rotatable bonds is 6. The van der Waals surface area contributed by atoms with E-state index >= 15 is 0 Å². The zero-order valence-electron chi connectivity index (χ0n) is 18.1. The number of nitrogens with zero attached hydrogens (tertiary/aromatic N) is 2. The van der Waals surface area contributed by atoms with Gasteiger partial charge in [-0.15, -0.1) is 11.3 Å². The molecule has 0 aliphatic heterocycles. The Bertz CT molecular complexity index is 1360. The average molecular weight is 465 g/mol. The molecule has 4 aromatic rings. The van der Waals surface area contributed by atoms with E-state index in [1.807, 2.05) is 62.4 Å². The van der Waals surface area contributed by atoms with Gasteiger partial charge in [-0.2, -0.15) is 0 Å². The maximum atomic E-state index is 13.2. The Kier molecular flexibility index (Phi) is 6.04. The van der Waals surface area contributed by atoms with E-state index in [0.717, 1.165) is 21.3 Å². The molecule has 32 heavy (non-hydrogen) atoms. The number of hydrogen-bond donors (Lipinski definition) is 0. The first-order chi connectivity index (χ1) is 15.3. The van der Waals surface area contributed by atoms with Crippen molar-refractivity contribution in [1.82, 2.24) is 0 Å². The van der Waals surface area contributed by atoms with Gasteiger partial charge in [-0.05, 0) is 67.8 Å². The molecule has 0 N–H and O–H groups in total. The van der Waals surface area contributed by atoms with Gasteiger partial charge in [0.2, 0.25) is 0 Å². The van der Waals surface area contributed by atoms with Crippen molar-refractivity contribution in [2.24, 2.45) is 0 Å². The number of anilines is 2. The molecule has 4 rings (SSSR count). The molecule has 0 spiro atoms. The minimum Gasteiger partial charge on any atom is -0.311 e. The quantitative estimate of drug-likeness (QED) is 0.368. The number of thiophene rings is 1. The predicted molar refractivity (Wildman–Crippen MR) is 132 cm³/mol. The Morgan fingerprint density at radius 1 is 0.906 bits per heavy atom. The molecule has 0 bridgehead atoms. The fraction of sp³-hybridized carbons (Fsp3) is 0.160. The summed E-state index contributed by atoms with van der Waals surface area (Å²) in [5, 5.41) is 0.842. The number of amides is 1. The molecule has 0 saturated carbocycles. The minimum atomic E-state index is -3.69. The molecule has 3 aromatic carbocycles. The van der Waals surface area contributed by atoms with E-state index in [1.165, 1.54) is 15.6 Å². The molecule has 164 valence electrons. The van der Waals surface area contributed by atoms with Crippen molar-refractivity contribution in [2.45, 2.75) is 18.7 Å². The van der Waals surface area contributed by atoms with E-state index in [-0.39, 0.29) is 10.8 Å². The van der Waals surface area contributed by atoms with Gasteiger partial charge < -0.3 is 4.90 Å². The van der Waals surface area contributed by atoms with Crippen LogP contribution < -0.4 is 9.21 Å². The summed E-state index contributed by atoms with van der Waals surface area (Å²) in [6.45, 7) is 4.04. The minimum absolute atomic E-state index is 0.0985. The zero-order chi connectivity index (χ0) is 22.9. The van der Waals surface area contributed by atoms with Gasteiger partial charge in [0.1, 0.15) is 0 Å². The topological polar surface area (TPSA) is 57.7 Å². The molecule has 0 atom stereocenters. The third-order valence-electron chi connectivity index (χ3n) is 5.34. The van der Waals surface area contributed by atoms with Crippen molar-refractivity contribution in [1.29, 1.82) is 0 Å². The van der Waals surface area contributed by atoms with Gasteiger partial charge in [-0.3, -0.25) is 9.10 Å². The number of hydrogen-bond acceptors (Lipinski definition) is 4. The lowest BCUT2D eigenvalue weighted by Crippen LogP contribution is -2.30. The summed E-state index contributed by atoms with van der Waals surface area (Å²) in [6, 6.07) is 23.7. The normalized spacial score (nSPS) is 11.5. The molecule has 0 fully saturated rings. The van der Waals surface area contributed by atoms with E-state index < -0.39 is 10.0 Å². The Balaban J connectivity index is 1.67. The van der Waals surface area contributed by atoms with Crippen molar-refractivity contribution in [3.8, 4) is 0 Å². The Hall–Kier alpha value is -3.16. The third-order valence-corrected chi connectivity index (χ3v) is 8.36. The van der Waals surface area contributed by atoms with Crippen molar-refractivity contribution < 1.29 is 13.2 Å². The molecule has 5 nitrogen and oxygen atoms in total. The summed E-state index contributed by atoms with van der Waals surface area (Å²) < 4.78 is 28.8. The number of carbonyl (C=O) groups excluding carboxylic acids is 1. The van der Waals surface area contributed by atoms with Crippen molar-refractivity contribution in [3.05, 3.63) is 89.3 Å². The Morgan fingerprint density at radius 3 is 2.25 bits per heavy atom. The Labute approximate surface area is 192 Å². The average Bonchev–Trinajstić information content (AvgIpc) is 3.23. The smallest absolute Gasteiger partial charge is 0.268 e. The highest BCUT2D eigenvalue weighted by atomic mass is 32.2. The highest BCUT2D eigenvalue weighted by Gasteiger charge is 2.24. The summed E-state index contributed by atoms with van der Waals surface area (Å²) in [7, 11) is -1.94. The van der Waals surface area contributed by atoms with E-state index in [1.54, 1.807) is 42.3 Å². The van der Waals surface area contributed by atoms with Crippen LogP contribution in [0.3, 0.4) is 0 Å². The first-order valence-electron chi connectivity index (χ1n) is 10.3. The van der Waals surface area contributed by atoms with Crippen molar-refractivity contribution in [2.75, 3.05) is 22.8 Å². The second-order valence-corrected chi connectivity index (χ2v) is 10.5. The zero-order valence-corrected chi connectivity index (χ0v) is 19.8. The van der Waals surface area contributed by atoms with E-state index in [9.17, 15) is 13.2 Å². The first-order valence-corrected chi connectivity index (χ1v) is 12.5. The first kappa shape index (κ1) is 22.0. The van der Waals surface area contributed by atoms with Gasteiger partial charge in [-0.1, -0.05) is 35.9 Å². The molecule has 7 heteroatoms. The van der Waals surface area contributed by atoms with Crippen LogP contribution in [0.1, 0.15) is 22.2 Å². The van der Waals surface area contributed by atoms with E-state index in [0.29, 0.717) is 17.1 Å². The summed E-state index contributed by atoms with van der Waals surface area (Å²) in [6.07, 6.45) is 0. The largest absolute Gasteiger partial charge is 0.311 e. The molecule has 1 heterocycles. The second kappa shape index (κ2) is 8.76. The van der Waals surface area contributed by atoms with Crippen LogP contribution in [-0.2, 0) is 10.0 Å². The molecule has 0 saturated heterocycles. The maximum Gasteiger partial charge on any atom is 0.268 e. The predicted octanol–water partition coefficient (Wildman–Crippen LogP) is 5.70. The lowest BCUT2D eigenvalue weighted by atomic mass is 10.2. The summed E-state index contributed by atoms with van der Waals surface area (Å²) in [4.78, 5) is 15.5. The van der Waals surface area contributed by atoms with Crippen LogP contribution in [0.15, 0.2) is 83.8 Å². The highest BCUT2D eigenvalue weighted by Crippen LogP contribution is 2.32. The molecule has 1 aromatic heterocycles. The number of carbonyl (C=O) groups is 1. The van der Waals surface area contributed by atoms with Crippen molar-refractivity contribution >= 4 is 48.7 Å². The molecule has 0 radical (unpaired) electrons. The van der Waals surface area contributed by atoms with Gasteiger partial charge in [0.05, 0.1) is 15.5 Å². The van der Waals surface area contributed by atoms with Gasteiger partial charge in [0.25, 0.3) is 15.9 Å².